The highest BCUT2D eigenvalue weighted by Gasteiger charge is 2.32. The molecule has 3 aromatic carbocycles. The molecule has 0 fully saturated rings. The zero-order chi connectivity index (χ0) is 25.4. The first-order valence-corrected chi connectivity index (χ1v) is 13.0. The molecule has 5 aromatic rings. The first kappa shape index (κ1) is 23.2. The minimum Gasteiger partial charge on any atom is -0.491 e. The number of nitrogens with zero attached hydrogens (tertiary/aromatic N) is 3. The maximum Gasteiger partial charge on any atom is 0.267 e. The van der Waals surface area contributed by atoms with Gasteiger partial charge in [0.1, 0.15) is 23.1 Å². The predicted octanol–water partition coefficient (Wildman–Crippen LogP) is 6.53. The molecule has 0 spiro atoms. The van der Waals surface area contributed by atoms with Gasteiger partial charge in [-0.1, -0.05) is 42.5 Å². The second-order valence-corrected chi connectivity index (χ2v) is 10.1. The maximum absolute atomic E-state index is 13.2. The van der Waals surface area contributed by atoms with Crippen LogP contribution < -0.4 is 14.4 Å². The van der Waals surface area contributed by atoms with Crippen molar-refractivity contribution in [3.8, 4) is 33.5 Å². The normalized spacial score (nSPS) is 14.9. The predicted molar refractivity (Wildman–Crippen MR) is 147 cm³/mol. The van der Waals surface area contributed by atoms with E-state index < -0.39 is 6.10 Å². The number of hydrogen-bond donors (Lipinski definition) is 0. The molecule has 1 aliphatic heterocycles. The summed E-state index contributed by atoms with van der Waals surface area (Å²) in [4.78, 5) is 25.3. The number of benzene rings is 3. The van der Waals surface area contributed by atoms with Crippen LogP contribution in [0, 0.1) is 6.92 Å². The van der Waals surface area contributed by atoms with Crippen molar-refractivity contribution in [3.63, 3.8) is 0 Å². The van der Waals surface area contributed by atoms with Crippen molar-refractivity contribution in [2.45, 2.75) is 20.0 Å². The third-order valence-corrected chi connectivity index (χ3v) is 7.44. The number of rotatable bonds is 6. The van der Waals surface area contributed by atoms with E-state index in [2.05, 4.69) is 24.0 Å². The quantitative estimate of drug-likeness (QED) is 0.262. The second-order valence-electron chi connectivity index (χ2n) is 8.90. The van der Waals surface area contributed by atoms with Crippen molar-refractivity contribution in [2.75, 3.05) is 18.1 Å². The van der Waals surface area contributed by atoms with Gasteiger partial charge in [0.05, 0.1) is 23.6 Å². The molecule has 0 radical (unpaired) electrons. The summed E-state index contributed by atoms with van der Waals surface area (Å²) < 4.78 is 12.1. The van der Waals surface area contributed by atoms with Crippen LogP contribution in [0.1, 0.15) is 11.8 Å². The number of fused-ring (bicyclic) bond motifs is 2. The molecule has 6 rings (SSSR count). The fourth-order valence-corrected chi connectivity index (χ4v) is 5.53. The summed E-state index contributed by atoms with van der Waals surface area (Å²) in [5.41, 5.74) is 3.39. The van der Waals surface area contributed by atoms with Crippen molar-refractivity contribution < 1.29 is 14.3 Å². The van der Waals surface area contributed by atoms with Crippen LogP contribution in [0.4, 0.5) is 5.69 Å². The van der Waals surface area contributed by atoms with E-state index >= 15 is 0 Å². The molecule has 0 saturated carbocycles. The van der Waals surface area contributed by atoms with E-state index in [0.29, 0.717) is 18.9 Å². The zero-order valence-corrected chi connectivity index (χ0v) is 21.4. The van der Waals surface area contributed by atoms with Gasteiger partial charge in [-0.25, -0.2) is 4.98 Å². The van der Waals surface area contributed by atoms with Crippen LogP contribution in [0.3, 0.4) is 0 Å². The van der Waals surface area contributed by atoms with E-state index in [4.69, 9.17) is 14.5 Å². The summed E-state index contributed by atoms with van der Waals surface area (Å²) in [6.45, 7) is 4.59. The fraction of sp³-hybridized carbons (Fsp3) is 0.167. The number of thiazole rings is 1. The van der Waals surface area contributed by atoms with Crippen molar-refractivity contribution in [3.05, 3.63) is 89.9 Å². The van der Waals surface area contributed by atoms with Gasteiger partial charge in [0.25, 0.3) is 5.91 Å². The van der Waals surface area contributed by atoms with Crippen molar-refractivity contribution in [1.82, 2.24) is 9.97 Å². The molecule has 0 N–H and O–H groups in total. The van der Waals surface area contributed by atoms with Crippen LogP contribution in [-0.2, 0) is 4.79 Å². The molecule has 37 heavy (non-hydrogen) atoms. The van der Waals surface area contributed by atoms with Crippen LogP contribution >= 0.6 is 11.3 Å². The summed E-state index contributed by atoms with van der Waals surface area (Å²) in [6.07, 6.45) is 1.21. The van der Waals surface area contributed by atoms with E-state index in [0.717, 1.165) is 49.0 Å². The van der Waals surface area contributed by atoms with Gasteiger partial charge < -0.3 is 14.4 Å². The Hall–Kier alpha value is -4.23. The molecule has 2 aromatic heterocycles. The monoisotopic (exact) mass is 507 g/mol. The molecule has 1 amide bonds. The number of carbonyl (C=O) groups excluding carboxylic acids is 1. The van der Waals surface area contributed by atoms with Crippen LogP contribution in [-0.4, -0.2) is 35.1 Å². The number of anilines is 1. The van der Waals surface area contributed by atoms with E-state index in [1.165, 1.54) is 0 Å². The summed E-state index contributed by atoms with van der Waals surface area (Å²) in [5, 5.41) is 3.04. The topological polar surface area (TPSA) is 64.5 Å². The molecule has 0 bridgehead atoms. The zero-order valence-electron chi connectivity index (χ0n) is 20.5. The van der Waals surface area contributed by atoms with Gasteiger partial charge in [0.15, 0.2) is 6.10 Å². The van der Waals surface area contributed by atoms with Crippen molar-refractivity contribution in [2.24, 2.45) is 0 Å². The molecular formula is C30H25N3O3S. The van der Waals surface area contributed by atoms with Crippen LogP contribution in [0.25, 0.3) is 32.7 Å². The van der Waals surface area contributed by atoms with Gasteiger partial charge in [-0.2, -0.15) is 0 Å². The number of ether oxygens (including phenoxy) is 2. The van der Waals surface area contributed by atoms with Gasteiger partial charge in [0, 0.05) is 22.0 Å². The standard InChI is InChI=1S/C30H25N3O3S/c1-19-30(34)33(16-17-35-26-12-7-9-21-8-3-4-10-23(21)26)25-18-22(13-14-27(25)36-19)28-20(2)37-29(32-28)24-11-5-6-15-31-24/h3-15,18-19H,16-17H2,1-2H3. The van der Waals surface area contributed by atoms with Crippen molar-refractivity contribution >= 4 is 33.7 Å². The highest BCUT2D eigenvalue weighted by Crippen LogP contribution is 2.40. The van der Waals surface area contributed by atoms with Gasteiger partial charge in [-0.05, 0) is 55.6 Å². The summed E-state index contributed by atoms with van der Waals surface area (Å²) >= 11 is 1.61. The highest BCUT2D eigenvalue weighted by atomic mass is 32.1. The smallest absolute Gasteiger partial charge is 0.267 e. The lowest BCUT2D eigenvalue weighted by molar-refractivity contribution is -0.125. The largest absolute Gasteiger partial charge is 0.491 e. The number of aromatic nitrogens is 2. The molecule has 1 unspecified atom stereocenters. The Kier molecular flexibility index (Phi) is 6.06. The van der Waals surface area contributed by atoms with Crippen LogP contribution in [0.5, 0.6) is 11.5 Å². The number of pyridine rings is 1. The SMILES string of the molecule is Cc1sc(-c2ccccn2)nc1-c1ccc2c(c1)N(CCOc1cccc3ccccc13)C(=O)C(C)O2. The average molecular weight is 508 g/mol. The number of amides is 1. The van der Waals surface area contributed by atoms with Gasteiger partial charge in [-0.15, -0.1) is 11.3 Å². The second kappa shape index (κ2) is 9.67. The molecule has 0 saturated heterocycles. The lowest BCUT2D eigenvalue weighted by Gasteiger charge is -2.33. The lowest BCUT2D eigenvalue weighted by atomic mass is 10.1. The number of carbonyl (C=O) groups is 1. The molecule has 184 valence electrons. The first-order valence-electron chi connectivity index (χ1n) is 12.2. The Morgan fingerprint density at radius 2 is 1.86 bits per heavy atom. The number of aryl methyl sites for hydroxylation is 1. The van der Waals surface area contributed by atoms with Gasteiger partial charge >= 0.3 is 0 Å². The Balaban J connectivity index is 1.28. The third-order valence-electron chi connectivity index (χ3n) is 6.44. The average Bonchev–Trinajstić information content (AvgIpc) is 3.33. The molecule has 3 heterocycles. The Morgan fingerprint density at radius 3 is 2.73 bits per heavy atom. The summed E-state index contributed by atoms with van der Waals surface area (Å²) in [6, 6.07) is 25.8. The van der Waals surface area contributed by atoms with E-state index in [-0.39, 0.29) is 5.91 Å². The molecule has 7 heteroatoms. The Morgan fingerprint density at radius 1 is 1.03 bits per heavy atom. The fourth-order valence-electron chi connectivity index (χ4n) is 4.62. The minimum atomic E-state index is -0.562. The summed E-state index contributed by atoms with van der Waals surface area (Å²) in [7, 11) is 0. The molecule has 0 aliphatic carbocycles. The molecule has 1 atom stereocenters. The third kappa shape index (κ3) is 4.42. The maximum atomic E-state index is 13.2. The lowest BCUT2D eigenvalue weighted by Crippen LogP contribution is -2.46. The van der Waals surface area contributed by atoms with E-state index in [1.807, 2.05) is 66.7 Å². The molecule has 6 nitrogen and oxygen atoms in total. The summed E-state index contributed by atoms with van der Waals surface area (Å²) in [5.74, 6) is 1.40. The molecular weight excluding hydrogens is 482 g/mol. The van der Waals surface area contributed by atoms with Crippen LogP contribution in [0.2, 0.25) is 0 Å². The van der Waals surface area contributed by atoms with E-state index in [9.17, 15) is 4.79 Å². The Labute approximate surface area is 219 Å². The first-order chi connectivity index (χ1) is 18.1. The number of hydrogen-bond acceptors (Lipinski definition) is 6. The minimum absolute atomic E-state index is 0.0876. The van der Waals surface area contributed by atoms with E-state index in [1.54, 1.807) is 29.4 Å². The Bertz CT molecular complexity index is 1590. The van der Waals surface area contributed by atoms with Gasteiger partial charge in [-0.3, -0.25) is 9.78 Å². The molecule has 1 aliphatic rings. The highest BCUT2D eigenvalue weighted by molar-refractivity contribution is 7.15. The van der Waals surface area contributed by atoms with Crippen LogP contribution in [0.15, 0.2) is 85.1 Å². The van der Waals surface area contributed by atoms with Gasteiger partial charge in [0.2, 0.25) is 0 Å². The van der Waals surface area contributed by atoms with Crippen molar-refractivity contribution in [1.29, 1.82) is 0 Å².